The third kappa shape index (κ3) is 2.35. The Hall–Kier alpha value is -2.76. The molecule has 0 atom stereocenters. The zero-order valence-electron chi connectivity index (χ0n) is 10.7. The van der Waals surface area contributed by atoms with Crippen LogP contribution in [0.3, 0.4) is 0 Å². The zero-order chi connectivity index (χ0) is 14.1. The minimum Gasteiger partial charge on any atom is -0.384 e. The van der Waals surface area contributed by atoms with Crippen LogP contribution >= 0.6 is 0 Å². The predicted octanol–water partition coefficient (Wildman–Crippen LogP) is 2.83. The van der Waals surface area contributed by atoms with Crippen molar-refractivity contribution in [3.63, 3.8) is 0 Å². The van der Waals surface area contributed by atoms with Crippen molar-refractivity contribution in [2.75, 3.05) is 5.73 Å². The second-order valence-electron chi connectivity index (χ2n) is 4.41. The van der Waals surface area contributed by atoms with Gasteiger partial charge in [-0.2, -0.15) is 4.98 Å². The minimum absolute atomic E-state index is 0.314. The van der Waals surface area contributed by atoms with Crippen LogP contribution in [0, 0.1) is 12.7 Å². The van der Waals surface area contributed by atoms with E-state index in [1.54, 1.807) is 31.3 Å². The maximum Gasteiger partial charge on any atom is 0.259 e. The quantitative estimate of drug-likeness (QED) is 0.774. The fourth-order valence-electron chi connectivity index (χ4n) is 1.86. The van der Waals surface area contributed by atoms with Crippen LogP contribution < -0.4 is 5.73 Å². The van der Waals surface area contributed by atoms with Crippen LogP contribution in [0.4, 0.5) is 10.2 Å². The summed E-state index contributed by atoms with van der Waals surface area (Å²) in [4.78, 5) is 8.19. The van der Waals surface area contributed by atoms with Crippen molar-refractivity contribution in [3.05, 3.63) is 47.9 Å². The lowest BCUT2D eigenvalue weighted by Crippen LogP contribution is -1.89. The molecule has 0 aliphatic rings. The molecule has 3 rings (SSSR count). The number of halogens is 1. The monoisotopic (exact) mass is 270 g/mol. The molecule has 1 aromatic carbocycles. The van der Waals surface area contributed by atoms with Gasteiger partial charge in [0.1, 0.15) is 11.6 Å². The SMILES string of the molecule is Cc1cc(F)cc(-c2noc(-c3ccc(N)nc3)n2)c1. The summed E-state index contributed by atoms with van der Waals surface area (Å²) in [6, 6.07) is 7.97. The van der Waals surface area contributed by atoms with Crippen molar-refractivity contribution >= 4 is 5.82 Å². The van der Waals surface area contributed by atoms with E-state index in [0.717, 1.165) is 5.56 Å². The van der Waals surface area contributed by atoms with Crippen LogP contribution in [0.15, 0.2) is 41.1 Å². The summed E-state index contributed by atoms with van der Waals surface area (Å²) in [6.07, 6.45) is 1.55. The van der Waals surface area contributed by atoms with Gasteiger partial charge in [0.2, 0.25) is 5.82 Å². The van der Waals surface area contributed by atoms with Gasteiger partial charge in [-0.05, 0) is 42.8 Å². The van der Waals surface area contributed by atoms with Crippen LogP contribution in [0.1, 0.15) is 5.56 Å². The first kappa shape index (κ1) is 12.3. The van der Waals surface area contributed by atoms with Crippen molar-refractivity contribution in [3.8, 4) is 22.8 Å². The van der Waals surface area contributed by atoms with Gasteiger partial charge in [-0.25, -0.2) is 9.37 Å². The molecule has 2 heterocycles. The third-order valence-electron chi connectivity index (χ3n) is 2.76. The van der Waals surface area contributed by atoms with Crippen LogP contribution in [0.25, 0.3) is 22.8 Å². The molecular weight excluding hydrogens is 259 g/mol. The van der Waals surface area contributed by atoms with Crippen LogP contribution in [-0.4, -0.2) is 15.1 Å². The van der Waals surface area contributed by atoms with Gasteiger partial charge in [-0.1, -0.05) is 5.16 Å². The largest absolute Gasteiger partial charge is 0.384 e. The number of nitrogen functional groups attached to an aromatic ring is 1. The van der Waals surface area contributed by atoms with Gasteiger partial charge >= 0.3 is 0 Å². The summed E-state index contributed by atoms with van der Waals surface area (Å²) >= 11 is 0. The number of nitrogens with two attached hydrogens (primary N) is 1. The Kier molecular flexibility index (Phi) is 2.90. The average molecular weight is 270 g/mol. The van der Waals surface area contributed by atoms with E-state index in [2.05, 4.69) is 15.1 Å². The van der Waals surface area contributed by atoms with Crippen molar-refractivity contribution in [1.82, 2.24) is 15.1 Å². The molecule has 0 bridgehead atoms. The Morgan fingerprint density at radius 3 is 2.70 bits per heavy atom. The molecule has 0 amide bonds. The molecule has 0 unspecified atom stereocenters. The molecule has 5 nitrogen and oxygen atoms in total. The number of nitrogens with zero attached hydrogens (tertiary/aromatic N) is 3. The lowest BCUT2D eigenvalue weighted by atomic mass is 10.1. The van der Waals surface area contributed by atoms with E-state index in [-0.39, 0.29) is 5.82 Å². The first-order valence-electron chi connectivity index (χ1n) is 5.95. The van der Waals surface area contributed by atoms with Crippen LogP contribution in [0.5, 0.6) is 0 Å². The number of anilines is 1. The summed E-state index contributed by atoms with van der Waals surface area (Å²) in [7, 11) is 0. The van der Waals surface area contributed by atoms with Gasteiger partial charge in [0.15, 0.2) is 0 Å². The van der Waals surface area contributed by atoms with E-state index in [4.69, 9.17) is 10.3 Å². The summed E-state index contributed by atoms with van der Waals surface area (Å²) in [5.74, 6) is 0.726. The number of benzene rings is 1. The lowest BCUT2D eigenvalue weighted by molar-refractivity contribution is 0.432. The standard InChI is InChI=1S/C14H11FN4O/c1-8-4-10(6-11(15)5-8)13-18-14(20-19-13)9-2-3-12(16)17-7-9/h2-7H,1H3,(H2,16,17). The Bertz CT molecular complexity index is 732. The first-order valence-corrected chi connectivity index (χ1v) is 5.95. The van der Waals surface area contributed by atoms with Crippen molar-refractivity contribution in [2.45, 2.75) is 6.92 Å². The molecule has 20 heavy (non-hydrogen) atoms. The fraction of sp³-hybridized carbons (Fsp3) is 0.0714. The topological polar surface area (TPSA) is 77.8 Å². The molecule has 0 fully saturated rings. The molecule has 0 saturated heterocycles. The normalized spacial score (nSPS) is 10.7. The fourth-order valence-corrected chi connectivity index (χ4v) is 1.86. The number of rotatable bonds is 2. The first-order chi connectivity index (χ1) is 9.61. The highest BCUT2D eigenvalue weighted by atomic mass is 19.1. The number of aromatic nitrogens is 3. The van der Waals surface area contributed by atoms with Gasteiger partial charge < -0.3 is 10.3 Å². The maximum atomic E-state index is 13.4. The minimum atomic E-state index is -0.333. The van der Waals surface area contributed by atoms with E-state index in [0.29, 0.717) is 28.7 Å². The Labute approximate surface area is 114 Å². The summed E-state index contributed by atoms with van der Waals surface area (Å²) < 4.78 is 18.5. The van der Waals surface area contributed by atoms with E-state index >= 15 is 0 Å². The van der Waals surface area contributed by atoms with Crippen molar-refractivity contribution in [1.29, 1.82) is 0 Å². The molecule has 2 N–H and O–H groups in total. The van der Waals surface area contributed by atoms with E-state index in [9.17, 15) is 4.39 Å². The van der Waals surface area contributed by atoms with Gasteiger partial charge in [-0.15, -0.1) is 0 Å². The molecule has 0 radical (unpaired) electrons. The number of pyridine rings is 1. The Morgan fingerprint density at radius 2 is 2.00 bits per heavy atom. The molecule has 6 heteroatoms. The van der Waals surface area contributed by atoms with Crippen LogP contribution in [-0.2, 0) is 0 Å². The van der Waals surface area contributed by atoms with Gasteiger partial charge in [-0.3, -0.25) is 0 Å². The summed E-state index contributed by atoms with van der Waals surface area (Å²) in [5.41, 5.74) is 7.54. The lowest BCUT2D eigenvalue weighted by Gasteiger charge is -1.97. The number of hydrogen-bond donors (Lipinski definition) is 1. The van der Waals surface area contributed by atoms with Gasteiger partial charge in [0.25, 0.3) is 5.89 Å². The molecule has 100 valence electrons. The van der Waals surface area contributed by atoms with E-state index in [1.165, 1.54) is 12.1 Å². The third-order valence-corrected chi connectivity index (χ3v) is 2.76. The zero-order valence-corrected chi connectivity index (χ0v) is 10.7. The second kappa shape index (κ2) is 4.73. The molecule has 0 spiro atoms. The smallest absolute Gasteiger partial charge is 0.259 e. The maximum absolute atomic E-state index is 13.4. The van der Waals surface area contributed by atoms with E-state index < -0.39 is 0 Å². The number of aryl methyl sites for hydroxylation is 1. The Morgan fingerprint density at radius 1 is 1.15 bits per heavy atom. The molecule has 0 aliphatic carbocycles. The van der Waals surface area contributed by atoms with Crippen molar-refractivity contribution in [2.24, 2.45) is 0 Å². The van der Waals surface area contributed by atoms with Crippen LogP contribution in [0.2, 0.25) is 0 Å². The van der Waals surface area contributed by atoms with Gasteiger partial charge in [0.05, 0.1) is 5.56 Å². The number of hydrogen-bond acceptors (Lipinski definition) is 5. The van der Waals surface area contributed by atoms with E-state index in [1.807, 2.05) is 0 Å². The molecule has 3 aromatic rings. The highest BCUT2D eigenvalue weighted by Gasteiger charge is 2.12. The molecule has 2 aromatic heterocycles. The average Bonchev–Trinajstić information content (AvgIpc) is 2.88. The highest BCUT2D eigenvalue weighted by molar-refractivity contribution is 5.60. The molecule has 0 aliphatic heterocycles. The molecule has 0 saturated carbocycles. The second-order valence-corrected chi connectivity index (χ2v) is 4.41. The predicted molar refractivity (Wildman–Crippen MR) is 72.1 cm³/mol. The molecular formula is C14H11FN4O. The summed E-state index contributed by atoms with van der Waals surface area (Å²) in [5, 5.41) is 3.86. The summed E-state index contributed by atoms with van der Waals surface area (Å²) in [6.45, 7) is 1.80. The van der Waals surface area contributed by atoms with Crippen molar-refractivity contribution < 1.29 is 8.91 Å². The highest BCUT2D eigenvalue weighted by Crippen LogP contribution is 2.23. The Balaban J connectivity index is 1.99. The van der Waals surface area contributed by atoms with Gasteiger partial charge in [0, 0.05) is 11.8 Å².